The first-order valence-electron chi connectivity index (χ1n) is 12.1. The van der Waals surface area contributed by atoms with E-state index < -0.39 is 0 Å². The summed E-state index contributed by atoms with van der Waals surface area (Å²) in [5.74, 6) is -0.284. The predicted molar refractivity (Wildman–Crippen MR) is 135 cm³/mol. The van der Waals surface area contributed by atoms with E-state index in [4.69, 9.17) is 16.3 Å². The van der Waals surface area contributed by atoms with Crippen LogP contribution in [0.15, 0.2) is 30.0 Å². The molecule has 1 aromatic carbocycles. The number of amides is 2. The highest BCUT2D eigenvalue weighted by Gasteiger charge is 2.28. The molecule has 0 spiro atoms. The molecule has 2 rings (SSSR count). The van der Waals surface area contributed by atoms with Gasteiger partial charge in [-0.25, -0.2) is 4.79 Å². The van der Waals surface area contributed by atoms with Crippen LogP contribution in [0.2, 0.25) is 5.02 Å². The Morgan fingerprint density at radius 2 is 1.88 bits per heavy atom. The zero-order valence-electron chi connectivity index (χ0n) is 21.2. The Kier molecular flexibility index (Phi) is 9.84. The SMILES string of the molecule is CCOC(=O)CCN1C=C(C(C)(C)CCCc2ccc(CCC(C)(C)C)c(Cl)c2)CNC1=O. The Morgan fingerprint density at radius 1 is 1.15 bits per heavy atom. The first-order valence-corrected chi connectivity index (χ1v) is 12.5. The molecule has 0 bridgehead atoms. The molecular weight excluding hydrogens is 436 g/mol. The number of hydrogen-bond acceptors (Lipinski definition) is 3. The Balaban J connectivity index is 1.92. The van der Waals surface area contributed by atoms with E-state index in [-0.39, 0.29) is 23.8 Å². The second-order valence-corrected chi connectivity index (χ2v) is 11.2. The van der Waals surface area contributed by atoms with Crippen molar-refractivity contribution in [2.75, 3.05) is 19.7 Å². The zero-order chi connectivity index (χ0) is 24.6. The molecule has 33 heavy (non-hydrogen) atoms. The number of ether oxygens (including phenoxy) is 1. The summed E-state index contributed by atoms with van der Waals surface area (Å²) in [6.45, 7) is 14.2. The van der Waals surface area contributed by atoms with Crippen molar-refractivity contribution in [2.24, 2.45) is 10.8 Å². The fourth-order valence-electron chi connectivity index (χ4n) is 3.94. The summed E-state index contributed by atoms with van der Waals surface area (Å²) in [6.07, 6.45) is 7.21. The molecule has 1 aromatic rings. The lowest BCUT2D eigenvalue weighted by Gasteiger charge is -2.34. The first-order chi connectivity index (χ1) is 15.4. The molecule has 0 aliphatic carbocycles. The van der Waals surface area contributed by atoms with Gasteiger partial charge in [0, 0.05) is 24.3 Å². The third-order valence-electron chi connectivity index (χ3n) is 6.26. The smallest absolute Gasteiger partial charge is 0.321 e. The molecule has 184 valence electrons. The maximum Gasteiger partial charge on any atom is 0.321 e. The van der Waals surface area contributed by atoms with E-state index in [0.29, 0.717) is 25.1 Å². The third-order valence-corrected chi connectivity index (χ3v) is 6.61. The van der Waals surface area contributed by atoms with Gasteiger partial charge in [-0.05, 0) is 72.6 Å². The monoisotopic (exact) mass is 476 g/mol. The number of nitrogens with zero attached hydrogens (tertiary/aromatic N) is 1. The molecule has 0 radical (unpaired) electrons. The summed E-state index contributed by atoms with van der Waals surface area (Å²) in [5, 5.41) is 3.80. The molecule has 1 heterocycles. The minimum atomic E-state index is -0.284. The quantitative estimate of drug-likeness (QED) is 0.369. The molecule has 1 N–H and O–H groups in total. The topological polar surface area (TPSA) is 58.6 Å². The van der Waals surface area contributed by atoms with Crippen molar-refractivity contribution in [3.63, 3.8) is 0 Å². The van der Waals surface area contributed by atoms with Crippen molar-refractivity contribution < 1.29 is 14.3 Å². The average Bonchev–Trinajstić information content (AvgIpc) is 2.72. The van der Waals surface area contributed by atoms with Crippen LogP contribution < -0.4 is 5.32 Å². The van der Waals surface area contributed by atoms with Gasteiger partial charge < -0.3 is 15.0 Å². The van der Waals surface area contributed by atoms with Crippen molar-refractivity contribution in [2.45, 2.75) is 80.1 Å². The third kappa shape index (κ3) is 9.04. The first kappa shape index (κ1) is 27.2. The number of carbonyl (C=O) groups excluding carboxylic acids is 2. The van der Waals surface area contributed by atoms with Gasteiger partial charge in [-0.15, -0.1) is 0 Å². The number of esters is 1. The fourth-order valence-corrected chi connectivity index (χ4v) is 4.24. The summed E-state index contributed by atoms with van der Waals surface area (Å²) < 4.78 is 4.97. The van der Waals surface area contributed by atoms with Gasteiger partial charge in [0.25, 0.3) is 0 Å². The van der Waals surface area contributed by atoms with E-state index in [1.54, 1.807) is 11.8 Å². The molecule has 0 fully saturated rings. The Labute approximate surface area is 204 Å². The van der Waals surface area contributed by atoms with E-state index in [1.165, 1.54) is 16.7 Å². The predicted octanol–water partition coefficient (Wildman–Crippen LogP) is 6.53. The zero-order valence-corrected chi connectivity index (χ0v) is 22.0. The minimum absolute atomic E-state index is 0.0632. The molecule has 0 saturated heterocycles. The normalized spacial score (nSPS) is 14.7. The molecule has 6 heteroatoms. The number of halogens is 1. The lowest BCUT2D eigenvalue weighted by Crippen LogP contribution is -2.45. The van der Waals surface area contributed by atoms with Crippen molar-refractivity contribution in [1.29, 1.82) is 0 Å². The van der Waals surface area contributed by atoms with Crippen LogP contribution in [0.25, 0.3) is 0 Å². The van der Waals surface area contributed by atoms with E-state index in [2.05, 4.69) is 58.1 Å². The number of urea groups is 1. The van der Waals surface area contributed by atoms with Gasteiger partial charge in [0.1, 0.15) is 0 Å². The van der Waals surface area contributed by atoms with Crippen LogP contribution >= 0.6 is 11.6 Å². The number of aryl methyl sites for hydroxylation is 2. The van der Waals surface area contributed by atoms with Crippen LogP contribution in [0.3, 0.4) is 0 Å². The lowest BCUT2D eigenvalue weighted by atomic mass is 9.79. The van der Waals surface area contributed by atoms with Gasteiger partial charge in [0.2, 0.25) is 0 Å². The highest BCUT2D eigenvalue weighted by atomic mass is 35.5. The largest absolute Gasteiger partial charge is 0.466 e. The van der Waals surface area contributed by atoms with Crippen molar-refractivity contribution in [3.05, 3.63) is 46.1 Å². The second-order valence-electron chi connectivity index (χ2n) is 10.8. The number of nitrogens with one attached hydrogen (secondary N) is 1. The van der Waals surface area contributed by atoms with E-state index >= 15 is 0 Å². The highest BCUT2D eigenvalue weighted by molar-refractivity contribution is 6.31. The number of benzene rings is 1. The van der Waals surface area contributed by atoms with Gasteiger partial charge in [0.15, 0.2) is 0 Å². The summed E-state index contributed by atoms with van der Waals surface area (Å²) in [7, 11) is 0. The van der Waals surface area contributed by atoms with E-state index in [0.717, 1.165) is 37.1 Å². The van der Waals surface area contributed by atoms with Crippen LogP contribution in [0, 0.1) is 10.8 Å². The van der Waals surface area contributed by atoms with Crippen LogP contribution in [0.4, 0.5) is 4.79 Å². The molecule has 1 aliphatic rings. The van der Waals surface area contributed by atoms with Crippen LogP contribution in [0.1, 0.15) is 78.4 Å². The van der Waals surface area contributed by atoms with Crippen molar-refractivity contribution in [3.8, 4) is 0 Å². The van der Waals surface area contributed by atoms with Crippen molar-refractivity contribution >= 4 is 23.6 Å². The Hall–Kier alpha value is -2.01. The van der Waals surface area contributed by atoms with Crippen LogP contribution in [-0.2, 0) is 22.4 Å². The summed E-state index contributed by atoms with van der Waals surface area (Å²) in [5.41, 5.74) is 3.89. The number of carbonyl (C=O) groups is 2. The second kappa shape index (κ2) is 11.9. The number of hydrogen-bond donors (Lipinski definition) is 1. The molecule has 5 nitrogen and oxygen atoms in total. The maximum atomic E-state index is 12.2. The fraction of sp³-hybridized carbons (Fsp3) is 0.630. The molecule has 1 aliphatic heterocycles. The van der Waals surface area contributed by atoms with Gasteiger partial charge in [-0.1, -0.05) is 58.4 Å². The van der Waals surface area contributed by atoms with Crippen LogP contribution in [-0.4, -0.2) is 36.6 Å². The van der Waals surface area contributed by atoms with Gasteiger partial charge in [-0.2, -0.15) is 0 Å². The van der Waals surface area contributed by atoms with Crippen LogP contribution in [0.5, 0.6) is 0 Å². The standard InChI is InChI=1S/C27H41ClN2O3/c1-7-33-24(31)13-16-30-19-22(18-29-25(30)32)27(5,6)14-8-9-20-10-11-21(23(28)17-20)12-15-26(2,3)4/h10-11,17,19H,7-9,12-16,18H2,1-6H3,(H,29,32). The maximum absolute atomic E-state index is 12.2. The lowest BCUT2D eigenvalue weighted by molar-refractivity contribution is -0.143. The molecule has 2 amide bonds. The summed E-state index contributed by atoms with van der Waals surface area (Å²) >= 11 is 6.56. The van der Waals surface area contributed by atoms with Crippen molar-refractivity contribution in [1.82, 2.24) is 10.2 Å². The van der Waals surface area contributed by atoms with Gasteiger partial charge >= 0.3 is 12.0 Å². The molecule has 0 atom stereocenters. The molecule has 0 unspecified atom stereocenters. The number of rotatable bonds is 11. The Bertz CT molecular complexity index is 855. The summed E-state index contributed by atoms with van der Waals surface area (Å²) in [6, 6.07) is 6.33. The van der Waals surface area contributed by atoms with Gasteiger partial charge in [0.05, 0.1) is 13.0 Å². The molecule has 0 aromatic heterocycles. The van der Waals surface area contributed by atoms with Gasteiger partial charge in [-0.3, -0.25) is 4.79 Å². The van der Waals surface area contributed by atoms with E-state index in [1.807, 2.05) is 6.20 Å². The average molecular weight is 477 g/mol. The summed E-state index contributed by atoms with van der Waals surface area (Å²) in [4.78, 5) is 25.5. The molecule has 0 saturated carbocycles. The Morgan fingerprint density at radius 3 is 2.52 bits per heavy atom. The molecular formula is C27H41ClN2O3. The minimum Gasteiger partial charge on any atom is -0.466 e. The highest BCUT2D eigenvalue weighted by Crippen LogP contribution is 2.34. The van der Waals surface area contributed by atoms with E-state index in [9.17, 15) is 9.59 Å².